The average molecular weight is 403 g/mol. The Morgan fingerprint density at radius 3 is 2.16 bits per heavy atom. The zero-order chi connectivity index (χ0) is 21.2. The van der Waals surface area contributed by atoms with E-state index >= 15 is 0 Å². The SMILES string of the molecule is C=C/C=C(\C=C)c1nc2ccc(Cc3ccc4nc(-c5ccccc5)[nH]c4c3)cc2[nH]1. The maximum absolute atomic E-state index is 4.73. The van der Waals surface area contributed by atoms with Crippen LogP contribution in [0.2, 0.25) is 0 Å². The maximum Gasteiger partial charge on any atom is 0.138 e. The molecule has 0 bridgehead atoms. The predicted octanol–water partition coefficient (Wildman–Crippen LogP) is 6.45. The molecular weight excluding hydrogens is 380 g/mol. The molecule has 2 aromatic heterocycles. The lowest BCUT2D eigenvalue weighted by atomic mass is 10.0. The summed E-state index contributed by atoms with van der Waals surface area (Å²) in [5.41, 5.74) is 8.43. The number of nitrogens with zero attached hydrogens (tertiary/aromatic N) is 2. The van der Waals surface area contributed by atoms with Crippen molar-refractivity contribution in [2.24, 2.45) is 0 Å². The van der Waals surface area contributed by atoms with Crippen LogP contribution in [0.3, 0.4) is 0 Å². The van der Waals surface area contributed by atoms with Gasteiger partial charge in [-0.2, -0.15) is 0 Å². The largest absolute Gasteiger partial charge is 0.338 e. The van der Waals surface area contributed by atoms with Gasteiger partial charge in [-0.05, 0) is 41.8 Å². The van der Waals surface area contributed by atoms with Crippen molar-refractivity contribution in [1.29, 1.82) is 0 Å². The number of imidazole rings is 2. The van der Waals surface area contributed by atoms with Crippen molar-refractivity contribution in [3.05, 3.63) is 115 Å². The molecule has 5 aromatic rings. The molecule has 0 saturated carbocycles. The van der Waals surface area contributed by atoms with Gasteiger partial charge in [0.1, 0.15) is 11.6 Å². The van der Waals surface area contributed by atoms with Gasteiger partial charge in [-0.1, -0.05) is 73.9 Å². The van der Waals surface area contributed by atoms with Crippen molar-refractivity contribution < 1.29 is 0 Å². The van der Waals surface area contributed by atoms with Gasteiger partial charge in [0.25, 0.3) is 0 Å². The molecule has 2 heterocycles. The Morgan fingerprint density at radius 1 is 0.806 bits per heavy atom. The Hall–Kier alpha value is -4.18. The van der Waals surface area contributed by atoms with Crippen LogP contribution in [-0.4, -0.2) is 19.9 Å². The summed E-state index contributed by atoms with van der Waals surface area (Å²) < 4.78 is 0. The van der Waals surface area contributed by atoms with E-state index in [9.17, 15) is 0 Å². The maximum atomic E-state index is 4.73. The number of H-pyrrole nitrogens is 2. The number of benzene rings is 3. The summed E-state index contributed by atoms with van der Waals surface area (Å²) in [4.78, 5) is 16.2. The average Bonchev–Trinajstić information content (AvgIpc) is 3.41. The summed E-state index contributed by atoms with van der Waals surface area (Å²) in [6.07, 6.45) is 6.25. The van der Waals surface area contributed by atoms with Crippen LogP contribution >= 0.6 is 0 Å². The van der Waals surface area contributed by atoms with E-state index in [4.69, 9.17) is 4.98 Å². The summed E-state index contributed by atoms with van der Waals surface area (Å²) in [5, 5.41) is 0. The second-order valence-electron chi connectivity index (χ2n) is 7.48. The van der Waals surface area contributed by atoms with Crippen molar-refractivity contribution in [3.8, 4) is 11.4 Å². The van der Waals surface area contributed by atoms with Gasteiger partial charge in [0.2, 0.25) is 0 Å². The molecule has 2 N–H and O–H groups in total. The molecule has 0 atom stereocenters. The highest BCUT2D eigenvalue weighted by molar-refractivity contribution is 5.82. The molecular formula is C27H22N4. The molecule has 3 aromatic carbocycles. The third-order valence-corrected chi connectivity index (χ3v) is 5.34. The predicted molar refractivity (Wildman–Crippen MR) is 129 cm³/mol. The number of rotatable bonds is 6. The van der Waals surface area contributed by atoms with E-state index in [0.717, 1.165) is 51.3 Å². The van der Waals surface area contributed by atoms with Crippen LogP contribution in [-0.2, 0) is 6.42 Å². The van der Waals surface area contributed by atoms with Crippen LogP contribution in [0, 0.1) is 0 Å². The molecule has 0 aliphatic heterocycles. The van der Waals surface area contributed by atoms with Crippen molar-refractivity contribution in [3.63, 3.8) is 0 Å². The lowest BCUT2D eigenvalue weighted by Crippen LogP contribution is -1.88. The van der Waals surface area contributed by atoms with Crippen LogP contribution < -0.4 is 0 Å². The number of hydrogen-bond acceptors (Lipinski definition) is 2. The van der Waals surface area contributed by atoms with Gasteiger partial charge in [-0.3, -0.25) is 0 Å². The molecule has 5 rings (SSSR count). The quantitative estimate of drug-likeness (QED) is 0.321. The minimum atomic E-state index is 0.800. The zero-order valence-corrected chi connectivity index (χ0v) is 17.1. The molecule has 4 heteroatoms. The molecule has 0 aliphatic rings. The Bertz CT molecular complexity index is 1430. The molecule has 31 heavy (non-hydrogen) atoms. The lowest BCUT2D eigenvalue weighted by molar-refractivity contribution is 1.20. The summed E-state index contributed by atoms with van der Waals surface area (Å²) in [5.74, 6) is 1.69. The Morgan fingerprint density at radius 2 is 1.48 bits per heavy atom. The third-order valence-electron chi connectivity index (χ3n) is 5.34. The number of allylic oxidation sites excluding steroid dienone is 4. The Labute approximate surface area is 180 Å². The van der Waals surface area contributed by atoms with Crippen LogP contribution in [0.5, 0.6) is 0 Å². The van der Waals surface area contributed by atoms with Crippen molar-refractivity contribution in [2.75, 3.05) is 0 Å². The second-order valence-corrected chi connectivity index (χ2v) is 7.48. The monoisotopic (exact) mass is 402 g/mol. The number of aromatic nitrogens is 4. The van der Waals surface area contributed by atoms with E-state index in [2.05, 4.69) is 76.6 Å². The molecule has 0 unspecified atom stereocenters. The summed E-state index contributed by atoms with van der Waals surface area (Å²) in [7, 11) is 0. The van der Waals surface area contributed by atoms with E-state index in [1.165, 1.54) is 11.1 Å². The highest BCUT2D eigenvalue weighted by Gasteiger charge is 2.09. The first-order valence-electron chi connectivity index (χ1n) is 10.2. The Kier molecular flexibility index (Phi) is 4.81. The molecule has 0 spiro atoms. The lowest BCUT2D eigenvalue weighted by Gasteiger charge is -2.02. The van der Waals surface area contributed by atoms with Crippen LogP contribution in [0.15, 0.2) is 98.1 Å². The van der Waals surface area contributed by atoms with Crippen molar-refractivity contribution in [2.45, 2.75) is 6.42 Å². The van der Waals surface area contributed by atoms with E-state index < -0.39 is 0 Å². The first-order valence-corrected chi connectivity index (χ1v) is 10.2. The highest BCUT2D eigenvalue weighted by Crippen LogP contribution is 2.24. The highest BCUT2D eigenvalue weighted by atomic mass is 14.9. The van der Waals surface area contributed by atoms with Gasteiger partial charge in [-0.15, -0.1) is 0 Å². The third kappa shape index (κ3) is 3.71. The van der Waals surface area contributed by atoms with Crippen LogP contribution in [0.25, 0.3) is 39.0 Å². The fourth-order valence-electron chi connectivity index (χ4n) is 3.81. The molecule has 0 radical (unpaired) electrons. The molecule has 0 aliphatic carbocycles. The summed E-state index contributed by atoms with van der Waals surface area (Å²) in [6, 6.07) is 22.9. The van der Waals surface area contributed by atoms with Crippen LogP contribution in [0.4, 0.5) is 0 Å². The minimum Gasteiger partial charge on any atom is -0.338 e. The van der Waals surface area contributed by atoms with E-state index in [0.29, 0.717) is 0 Å². The Balaban J connectivity index is 1.44. The molecule has 0 amide bonds. The first-order chi connectivity index (χ1) is 15.2. The smallest absolute Gasteiger partial charge is 0.138 e. The normalized spacial score (nSPS) is 11.8. The van der Waals surface area contributed by atoms with Gasteiger partial charge >= 0.3 is 0 Å². The van der Waals surface area contributed by atoms with Crippen LogP contribution in [0.1, 0.15) is 17.0 Å². The topological polar surface area (TPSA) is 57.4 Å². The van der Waals surface area contributed by atoms with Crippen molar-refractivity contribution >= 4 is 27.6 Å². The molecule has 4 nitrogen and oxygen atoms in total. The number of nitrogens with one attached hydrogen (secondary N) is 2. The van der Waals surface area contributed by atoms with Crippen molar-refractivity contribution in [1.82, 2.24) is 19.9 Å². The van der Waals surface area contributed by atoms with Gasteiger partial charge in [0.05, 0.1) is 22.1 Å². The molecule has 150 valence electrons. The number of fused-ring (bicyclic) bond motifs is 2. The summed E-state index contributed by atoms with van der Waals surface area (Å²) >= 11 is 0. The number of aromatic amines is 2. The van der Waals surface area contributed by atoms with E-state index in [1.807, 2.05) is 24.3 Å². The van der Waals surface area contributed by atoms with Gasteiger partial charge in [0.15, 0.2) is 0 Å². The van der Waals surface area contributed by atoms with Gasteiger partial charge < -0.3 is 9.97 Å². The fourth-order valence-corrected chi connectivity index (χ4v) is 3.81. The van der Waals surface area contributed by atoms with E-state index in [-0.39, 0.29) is 0 Å². The molecule has 0 fully saturated rings. The standard InChI is InChI=1S/C27H22N4/c1-3-8-20(4-2)26-28-22-13-11-18(16-24(22)30-26)15-19-12-14-23-25(17-19)31-27(29-23)21-9-6-5-7-10-21/h3-14,16-17H,1-2,15H2,(H,28,30)(H,29,31)/b20-8+. The van der Waals surface area contributed by atoms with Gasteiger partial charge in [-0.25, -0.2) is 9.97 Å². The minimum absolute atomic E-state index is 0.800. The first kappa shape index (κ1) is 18.8. The van der Waals surface area contributed by atoms with E-state index in [1.54, 1.807) is 12.2 Å². The zero-order valence-electron chi connectivity index (χ0n) is 17.1. The number of hydrogen-bond donors (Lipinski definition) is 2. The molecule has 0 saturated heterocycles. The van der Waals surface area contributed by atoms with Gasteiger partial charge in [0, 0.05) is 11.1 Å². The fraction of sp³-hybridized carbons (Fsp3) is 0.0370. The second kappa shape index (κ2) is 7.92. The summed E-state index contributed by atoms with van der Waals surface area (Å²) in [6.45, 7) is 7.62.